The average Bonchev–Trinajstić information content (AvgIpc) is 3.17. The zero-order valence-electron chi connectivity index (χ0n) is 25.1. The summed E-state index contributed by atoms with van der Waals surface area (Å²) < 4.78 is 39.5. The van der Waals surface area contributed by atoms with E-state index in [1.165, 1.54) is 24.0 Å². The first-order valence-electron chi connectivity index (χ1n) is 15.0. The van der Waals surface area contributed by atoms with Gasteiger partial charge in [-0.15, -0.1) is 4.83 Å². The molecule has 0 bridgehead atoms. The number of halogens is 1. The molecule has 1 amide bonds. The number of likely N-dealkylation sites (tertiary alicyclic amines) is 1. The number of carbonyl (C=O) groups excluding carboxylic acids is 1. The predicted octanol–water partition coefficient (Wildman–Crippen LogP) is 4.39. The summed E-state index contributed by atoms with van der Waals surface area (Å²) >= 11 is 0. The molecule has 11 heteroatoms. The highest BCUT2D eigenvalue weighted by Gasteiger charge is 2.27. The van der Waals surface area contributed by atoms with Crippen LogP contribution in [0.1, 0.15) is 67.8 Å². The van der Waals surface area contributed by atoms with Crippen LogP contribution in [-0.2, 0) is 10.0 Å². The number of nitrogens with one attached hydrogen (secondary N) is 1. The minimum absolute atomic E-state index is 0.0158. The lowest BCUT2D eigenvalue weighted by molar-refractivity contribution is 0.0754. The van der Waals surface area contributed by atoms with Crippen molar-refractivity contribution in [2.75, 3.05) is 46.0 Å². The third-order valence-corrected chi connectivity index (χ3v) is 9.46. The Morgan fingerprint density at radius 1 is 1.12 bits per heavy atom. The average molecular weight is 599 g/mol. The van der Waals surface area contributed by atoms with Crippen molar-refractivity contribution in [3.05, 3.63) is 59.8 Å². The molecule has 0 radical (unpaired) electrons. The number of carbonyl (C=O) groups is 1. The number of hydrazine groups is 1. The van der Waals surface area contributed by atoms with Gasteiger partial charge in [0.05, 0.1) is 29.2 Å². The Morgan fingerprint density at radius 2 is 1.88 bits per heavy atom. The Morgan fingerprint density at radius 3 is 2.60 bits per heavy atom. The first-order valence-corrected chi connectivity index (χ1v) is 16.9. The van der Waals surface area contributed by atoms with Crippen molar-refractivity contribution in [3.8, 4) is 5.69 Å². The number of aromatic nitrogens is 2. The number of hydrogen-bond acceptors (Lipinski definition) is 6. The highest BCUT2D eigenvalue weighted by molar-refractivity contribution is 7.88. The number of fused-ring (bicyclic) bond motifs is 1. The molecule has 0 aliphatic carbocycles. The van der Waals surface area contributed by atoms with Crippen LogP contribution in [0.5, 0.6) is 0 Å². The summed E-state index contributed by atoms with van der Waals surface area (Å²) in [4.78, 5) is 24.6. The molecule has 1 unspecified atom stereocenters. The number of nitrogens with zero attached hydrogens (tertiary/aromatic N) is 5. The number of piperidine rings is 1. The minimum atomic E-state index is -3.23. The van der Waals surface area contributed by atoms with Gasteiger partial charge in [-0.25, -0.2) is 17.8 Å². The van der Waals surface area contributed by atoms with Crippen molar-refractivity contribution in [2.24, 2.45) is 5.92 Å². The maximum Gasteiger partial charge on any atom is 0.256 e. The summed E-state index contributed by atoms with van der Waals surface area (Å²) in [5.41, 5.74) is 3.15. The summed E-state index contributed by atoms with van der Waals surface area (Å²) in [6.45, 7) is 8.46. The number of pyridine rings is 1. The molecule has 2 saturated heterocycles. The Bertz CT molecular complexity index is 1520. The Balaban J connectivity index is 1.34. The van der Waals surface area contributed by atoms with Crippen LogP contribution in [0.3, 0.4) is 0 Å². The Labute approximate surface area is 248 Å². The SMILES string of the molecule is CC(C)N(C)C(=O)c1cc(F)ccc1-n1cc(C2CCCN(CC3CCN(NS(C)(=O)=O)CC3)CC2)c2ccncc21. The molecule has 2 aliphatic rings. The van der Waals surface area contributed by atoms with E-state index in [9.17, 15) is 17.6 Å². The van der Waals surface area contributed by atoms with Crippen LogP contribution in [0, 0.1) is 11.7 Å². The lowest BCUT2D eigenvalue weighted by Gasteiger charge is -2.34. The van der Waals surface area contributed by atoms with Crippen molar-refractivity contribution >= 4 is 26.8 Å². The molecule has 2 aromatic heterocycles. The van der Waals surface area contributed by atoms with Crippen molar-refractivity contribution < 1.29 is 17.6 Å². The normalized spacial score (nSPS) is 19.8. The van der Waals surface area contributed by atoms with Crippen LogP contribution in [0.15, 0.2) is 42.9 Å². The fraction of sp³-hybridized carbons (Fsp3) is 0.548. The van der Waals surface area contributed by atoms with E-state index >= 15 is 0 Å². The van der Waals surface area contributed by atoms with Crippen LogP contribution in [-0.4, -0.2) is 90.8 Å². The molecule has 2 aliphatic heterocycles. The molecule has 3 aromatic rings. The van der Waals surface area contributed by atoms with Gasteiger partial charge in [-0.3, -0.25) is 9.78 Å². The monoisotopic (exact) mass is 598 g/mol. The molecule has 1 atom stereocenters. The standard InChI is InChI=1S/C31H43FN6O3S/c1-22(2)35(3)31(39)27-18-25(32)7-8-29(27)38-21-28(26-9-13-33-19-30(26)38)24-6-5-14-36(15-12-24)20-23-10-16-37(17-11-23)34-42(4,40)41/h7-9,13,18-19,21-24,34H,5-6,10-12,14-17,20H2,1-4H3. The molecule has 1 aromatic carbocycles. The molecule has 0 saturated carbocycles. The quantitative estimate of drug-likeness (QED) is 0.414. The lowest BCUT2D eigenvalue weighted by atomic mass is 9.92. The highest BCUT2D eigenvalue weighted by atomic mass is 32.2. The fourth-order valence-electron chi connectivity index (χ4n) is 6.40. The van der Waals surface area contributed by atoms with Gasteiger partial charge in [0.2, 0.25) is 10.0 Å². The van der Waals surface area contributed by atoms with E-state index in [0.717, 1.165) is 75.7 Å². The molecule has 0 spiro atoms. The largest absolute Gasteiger partial charge is 0.339 e. The van der Waals surface area contributed by atoms with Crippen molar-refractivity contribution in [3.63, 3.8) is 0 Å². The van der Waals surface area contributed by atoms with Gasteiger partial charge in [0.25, 0.3) is 5.91 Å². The predicted molar refractivity (Wildman–Crippen MR) is 164 cm³/mol. The van der Waals surface area contributed by atoms with Gasteiger partial charge < -0.3 is 14.4 Å². The fourth-order valence-corrected chi connectivity index (χ4v) is 7.05. The number of amides is 1. The molecule has 2 fully saturated rings. The number of benzene rings is 1. The van der Waals surface area contributed by atoms with Gasteiger partial charge in [-0.1, -0.05) is 0 Å². The first kappa shape index (κ1) is 30.6. The molecule has 9 nitrogen and oxygen atoms in total. The Hall–Kier alpha value is -2.86. The summed E-state index contributed by atoms with van der Waals surface area (Å²) in [5.74, 6) is 0.274. The second-order valence-electron chi connectivity index (χ2n) is 12.2. The number of sulfonamides is 1. The first-order chi connectivity index (χ1) is 20.0. The zero-order valence-corrected chi connectivity index (χ0v) is 25.9. The second kappa shape index (κ2) is 12.8. The highest BCUT2D eigenvalue weighted by Crippen LogP contribution is 2.36. The van der Waals surface area contributed by atoms with Crippen LogP contribution in [0.25, 0.3) is 16.6 Å². The maximum absolute atomic E-state index is 14.4. The van der Waals surface area contributed by atoms with E-state index in [1.54, 1.807) is 18.0 Å². The molecule has 42 heavy (non-hydrogen) atoms. The van der Waals surface area contributed by atoms with Gasteiger partial charge in [0.15, 0.2) is 0 Å². The van der Waals surface area contributed by atoms with E-state index in [4.69, 9.17) is 0 Å². The molecule has 1 N–H and O–H groups in total. The molecular formula is C31H43FN6O3S. The van der Waals surface area contributed by atoms with E-state index in [0.29, 0.717) is 23.1 Å². The van der Waals surface area contributed by atoms with Crippen molar-refractivity contribution in [2.45, 2.75) is 57.9 Å². The third kappa shape index (κ3) is 7.02. The van der Waals surface area contributed by atoms with E-state index in [-0.39, 0.29) is 11.9 Å². The van der Waals surface area contributed by atoms with Gasteiger partial charge in [0.1, 0.15) is 5.82 Å². The molecule has 4 heterocycles. The third-order valence-electron chi connectivity index (χ3n) is 8.87. The van der Waals surface area contributed by atoms with Crippen LogP contribution in [0.4, 0.5) is 4.39 Å². The summed E-state index contributed by atoms with van der Waals surface area (Å²) in [7, 11) is -1.48. The van der Waals surface area contributed by atoms with Gasteiger partial charge in [-0.05, 0) is 101 Å². The van der Waals surface area contributed by atoms with Crippen LogP contribution >= 0.6 is 0 Å². The summed E-state index contributed by atoms with van der Waals surface area (Å²) in [6.07, 6.45) is 12.1. The van der Waals surface area contributed by atoms with E-state index < -0.39 is 15.8 Å². The van der Waals surface area contributed by atoms with Crippen LogP contribution < -0.4 is 4.83 Å². The summed E-state index contributed by atoms with van der Waals surface area (Å²) in [6, 6.07) is 6.47. The second-order valence-corrected chi connectivity index (χ2v) is 14.0. The molecule has 228 valence electrons. The zero-order chi connectivity index (χ0) is 30.0. The molecule has 5 rings (SSSR count). The minimum Gasteiger partial charge on any atom is -0.339 e. The Kier molecular flexibility index (Phi) is 9.31. The molecular weight excluding hydrogens is 555 g/mol. The number of rotatable bonds is 8. The topological polar surface area (TPSA) is 90.8 Å². The van der Waals surface area contributed by atoms with Gasteiger partial charge in [-0.2, -0.15) is 0 Å². The van der Waals surface area contributed by atoms with E-state index in [1.807, 2.05) is 41.9 Å². The van der Waals surface area contributed by atoms with Crippen molar-refractivity contribution in [1.29, 1.82) is 0 Å². The van der Waals surface area contributed by atoms with Crippen molar-refractivity contribution in [1.82, 2.24) is 29.2 Å². The summed E-state index contributed by atoms with van der Waals surface area (Å²) in [5, 5.41) is 2.93. The maximum atomic E-state index is 14.4. The number of hydrogen-bond donors (Lipinski definition) is 1. The smallest absolute Gasteiger partial charge is 0.256 e. The van der Waals surface area contributed by atoms with Crippen LogP contribution in [0.2, 0.25) is 0 Å². The van der Waals surface area contributed by atoms with Gasteiger partial charge >= 0.3 is 0 Å². The lowest BCUT2D eigenvalue weighted by Crippen LogP contribution is -2.47. The van der Waals surface area contributed by atoms with E-state index in [2.05, 4.69) is 20.9 Å². The van der Waals surface area contributed by atoms with Gasteiger partial charge in [0, 0.05) is 50.5 Å².